The molecule has 2 unspecified atom stereocenters. The van der Waals surface area contributed by atoms with E-state index in [1.54, 1.807) is 0 Å². The Bertz CT molecular complexity index is 225. The number of rotatable bonds is 4. The van der Waals surface area contributed by atoms with E-state index in [1.165, 1.54) is 12.8 Å². The molecular weight excluding hydrogens is 304 g/mol. The van der Waals surface area contributed by atoms with Crippen LogP contribution in [0.5, 0.6) is 0 Å². The van der Waals surface area contributed by atoms with Gasteiger partial charge < -0.3 is 9.47 Å². The van der Waals surface area contributed by atoms with Gasteiger partial charge in [0.25, 0.3) is 0 Å². The summed E-state index contributed by atoms with van der Waals surface area (Å²) in [6.45, 7) is 2.64. The normalized spacial score (nSPS) is 33.4. The summed E-state index contributed by atoms with van der Waals surface area (Å²) in [6.07, 6.45) is 6.89. The molecule has 5 heteroatoms. The summed E-state index contributed by atoms with van der Waals surface area (Å²) < 4.78 is 13.5. The van der Waals surface area contributed by atoms with Crippen LogP contribution < -0.4 is 0 Å². The third kappa shape index (κ3) is 4.32. The van der Waals surface area contributed by atoms with Gasteiger partial charge in [0.15, 0.2) is 0 Å². The van der Waals surface area contributed by atoms with Crippen LogP contribution in [-0.4, -0.2) is 42.8 Å². The lowest BCUT2D eigenvalue weighted by atomic mass is 9.98. The van der Waals surface area contributed by atoms with Gasteiger partial charge >= 0.3 is 0 Å². The van der Waals surface area contributed by atoms with Crippen LogP contribution in [0.2, 0.25) is 0 Å². The van der Waals surface area contributed by atoms with Gasteiger partial charge in [0.05, 0.1) is 6.26 Å². The van der Waals surface area contributed by atoms with Gasteiger partial charge in [-0.05, 0) is 24.8 Å². The number of morpholine rings is 1. The van der Waals surface area contributed by atoms with Crippen LogP contribution in [0, 0.1) is 5.92 Å². The second-order valence-electron chi connectivity index (χ2n) is 4.40. The second-order valence-corrected chi connectivity index (χ2v) is 5.76. The van der Waals surface area contributed by atoms with Gasteiger partial charge in [0, 0.05) is 42.0 Å². The molecule has 1 aliphatic carbocycles. The summed E-state index contributed by atoms with van der Waals surface area (Å²) in [5, 5.41) is 0. The van der Waals surface area contributed by atoms with Crippen LogP contribution in [0.3, 0.4) is 0 Å². The van der Waals surface area contributed by atoms with Crippen molar-refractivity contribution < 1.29 is 9.47 Å². The molecular formula is C10H17BINO2. The van der Waals surface area contributed by atoms with E-state index in [-0.39, 0.29) is 6.10 Å². The quantitative estimate of drug-likeness (QED) is 0.333. The minimum Gasteiger partial charge on any atom is -0.499 e. The molecule has 2 fully saturated rings. The minimum atomic E-state index is 0.217. The first-order chi connectivity index (χ1) is 7.24. The molecule has 0 aromatic carbocycles. The summed E-state index contributed by atoms with van der Waals surface area (Å²) in [4.78, 5) is 0. The lowest BCUT2D eigenvalue weighted by molar-refractivity contribution is -0.0461. The third-order valence-corrected chi connectivity index (χ3v) is 3.42. The van der Waals surface area contributed by atoms with Crippen molar-refractivity contribution in [2.24, 2.45) is 5.92 Å². The van der Waals surface area contributed by atoms with Crippen molar-refractivity contribution in [3.63, 3.8) is 0 Å². The van der Waals surface area contributed by atoms with Crippen LogP contribution in [0.4, 0.5) is 0 Å². The van der Waals surface area contributed by atoms with Crippen LogP contribution in [0.25, 0.3) is 0 Å². The highest BCUT2D eigenvalue weighted by Gasteiger charge is 2.24. The highest BCUT2D eigenvalue weighted by molar-refractivity contribution is 14.1. The molecule has 0 radical (unpaired) electrons. The number of allylic oxidation sites excluding steroid dienone is 1. The van der Waals surface area contributed by atoms with E-state index in [0.717, 1.165) is 19.0 Å². The molecule has 0 aromatic heterocycles. The molecule has 0 bridgehead atoms. The van der Waals surface area contributed by atoms with Crippen molar-refractivity contribution in [2.75, 3.05) is 19.7 Å². The molecule has 0 amide bonds. The average Bonchev–Trinajstić information content (AvgIpc) is 2.94. The Hall–Kier alpha value is 0.255. The Morgan fingerprint density at radius 2 is 2.27 bits per heavy atom. The lowest BCUT2D eigenvalue weighted by Gasteiger charge is -2.32. The number of hydrogen-bond donors (Lipinski definition) is 0. The SMILES string of the molecule is BC1CN(I)CC(COC=CC2CC2)O1. The Morgan fingerprint density at radius 3 is 2.93 bits per heavy atom. The topological polar surface area (TPSA) is 21.7 Å². The van der Waals surface area contributed by atoms with E-state index in [2.05, 4.69) is 39.9 Å². The van der Waals surface area contributed by atoms with E-state index in [0.29, 0.717) is 12.6 Å². The number of hydrogen-bond acceptors (Lipinski definition) is 3. The molecule has 2 atom stereocenters. The van der Waals surface area contributed by atoms with Crippen molar-refractivity contribution in [3.8, 4) is 0 Å². The first-order valence-electron chi connectivity index (χ1n) is 5.58. The van der Waals surface area contributed by atoms with Crippen LogP contribution in [0.1, 0.15) is 12.8 Å². The predicted octanol–water partition coefficient (Wildman–Crippen LogP) is 0.937. The summed E-state index contributed by atoms with van der Waals surface area (Å²) in [5.41, 5.74) is 0. The number of halogens is 1. The number of ether oxygens (including phenoxy) is 2. The largest absolute Gasteiger partial charge is 0.499 e. The van der Waals surface area contributed by atoms with Gasteiger partial charge in [-0.25, -0.2) is 3.11 Å². The molecule has 0 aromatic rings. The van der Waals surface area contributed by atoms with E-state index in [9.17, 15) is 0 Å². The Kier molecular flexibility index (Phi) is 4.34. The fraction of sp³-hybridized carbons (Fsp3) is 0.800. The molecule has 0 N–H and O–H groups in total. The monoisotopic (exact) mass is 321 g/mol. The van der Waals surface area contributed by atoms with Crippen molar-refractivity contribution in [3.05, 3.63) is 12.3 Å². The summed E-state index contributed by atoms with van der Waals surface area (Å²) in [7, 11) is 2.11. The zero-order chi connectivity index (χ0) is 10.7. The van der Waals surface area contributed by atoms with Crippen molar-refractivity contribution in [2.45, 2.75) is 24.9 Å². The van der Waals surface area contributed by atoms with E-state index in [4.69, 9.17) is 9.47 Å². The zero-order valence-electron chi connectivity index (χ0n) is 9.06. The maximum atomic E-state index is 5.77. The molecule has 2 aliphatic rings. The standard InChI is InChI=1S/C10H17BINO2/c11-10-6-13(12)5-9(15-10)7-14-4-3-8-1-2-8/h3-4,8-10H,1-2,5-7,11H2. The van der Waals surface area contributed by atoms with E-state index < -0.39 is 0 Å². The molecule has 0 spiro atoms. The Morgan fingerprint density at radius 1 is 1.47 bits per heavy atom. The van der Waals surface area contributed by atoms with Gasteiger partial charge in [0.1, 0.15) is 20.6 Å². The van der Waals surface area contributed by atoms with E-state index >= 15 is 0 Å². The number of nitrogens with zero attached hydrogens (tertiary/aromatic N) is 1. The summed E-state index contributed by atoms with van der Waals surface area (Å²) in [6, 6.07) is 0.316. The lowest BCUT2D eigenvalue weighted by Crippen LogP contribution is -2.45. The van der Waals surface area contributed by atoms with Crippen molar-refractivity contribution in [1.29, 1.82) is 0 Å². The smallest absolute Gasteiger partial charge is 0.140 e. The molecule has 1 aliphatic heterocycles. The van der Waals surface area contributed by atoms with Gasteiger partial charge in [-0.1, -0.05) is 0 Å². The predicted molar refractivity (Wildman–Crippen MR) is 70.6 cm³/mol. The highest BCUT2D eigenvalue weighted by atomic mass is 127. The van der Waals surface area contributed by atoms with Crippen LogP contribution >= 0.6 is 22.9 Å². The average molecular weight is 321 g/mol. The van der Waals surface area contributed by atoms with Crippen LogP contribution in [0.15, 0.2) is 12.3 Å². The molecule has 1 saturated heterocycles. The fourth-order valence-electron chi connectivity index (χ4n) is 1.70. The van der Waals surface area contributed by atoms with Crippen LogP contribution in [-0.2, 0) is 9.47 Å². The third-order valence-electron chi connectivity index (χ3n) is 2.63. The maximum absolute atomic E-state index is 5.77. The van der Waals surface area contributed by atoms with Gasteiger partial charge in [-0.2, -0.15) is 0 Å². The zero-order valence-corrected chi connectivity index (χ0v) is 11.2. The molecule has 1 heterocycles. The Balaban J connectivity index is 1.64. The molecule has 84 valence electrons. The first kappa shape index (κ1) is 11.7. The first-order valence-corrected chi connectivity index (χ1v) is 6.55. The van der Waals surface area contributed by atoms with E-state index in [1.807, 2.05) is 6.26 Å². The van der Waals surface area contributed by atoms with Gasteiger partial charge in [0.2, 0.25) is 0 Å². The van der Waals surface area contributed by atoms with Gasteiger partial charge in [-0.3, -0.25) is 0 Å². The second kappa shape index (κ2) is 5.54. The molecule has 3 nitrogen and oxygen atoms in total. The minimum absolute atomic E-state index is 0.217. The molecule has 1 saturated carbocycles. The molecule has 2 rings (SSSR count). The highest BCUT2D eigenvalue weighted by Crippen LogP contribution is 2.29. The Labute approximate surface area is 106 Å². The maximum Gasteiger partial charge on any atom is 0.140 e. The van der Waals surface area contributed by atoms with Gasteiger partial charge in [-0.15, -0.1) is 0 Å². The fourth-order valence-corrected chi connectivity index (χ4v) is 2.69. The summed E-state index contributed by atoms with van der Waals surface area (Å²) >= 11 is 2.35. The molecule has 15 heavy (non-hydrogen) atoms. The summed E-state index contributed by atoms with van der Waals surface area (Å²) in [5.74, 6) is 0.789. The van der Waals surface area contributed by atoms with Crippen molar-refractivity contribution >= 4 is 30.7 Å². The van der Waals surface area contributed by atoms with Crippen molar-refractivity contribution in [1.82, 2.24) is 3.11 Å².